The zero-order valence-corrected chi connectivity index (χ0v) is 61.1. The molecule has 0 N–H and O–H groups in total. The van der Waals surface area contributed by atoms with Gasteiger partial charge in [-0.3, -0.25) is 9.59 Å². The maximum absolute atomic E-state index is 13.0. The number of quaternary nitrogens is 1. The molecule has 0 aromatic heterocycles. The van der Waals surface area contributed by atoms with Gasteiger partial charge in [-0.1, -0.05) is 354 Å². The molecule has 0 amide bonds. The highest BCUT2D eigenvalue weighted by molar-refractivity contribution is 5.70. The Bertz CT molecular complexity index is 1950. The van der Waals surface area contributed by atoms with Crippen molar-refractivity contribution < 1.29 is 42.9 Å². The molecule has 0 saturated carbocycles. The van der Waals surface area contributed by atoms with Crippen LogP contribution in [0, 0.1) is 0 Å². The van der Waals surface area contributed by atoms with E-state index in [1.807, 2.05) is 21.1 Å². The molecule has 0 fully saturated rings. The highest BCUT2D eigenvalue weighted by atomic mass is 16.7. The summed E-state index contributed by atoms with van der Waals surface area (Å²) in [6, 6.07) is 0. The van der Waals surface area contributed by atoms with Gasteiger partial charge in [-0.25, -0.2) is 0 Å². The molecule has 534 valence electrons. The first-order valence-electron chi connectivity index (χ1n) is 38.7. The van der Waals surface area contributed by atoms with Crippen molar-refractivity contribution in [3.8, 4) is 0 Å². The van der Waals surface area contributed by atoms with E-state index in [1.165, 1.54) is 193 Å². The Morgan fingerprint density at radius 2 is 0.613 bits per heavy atom. The van der Waals surface area contributed by atoms with Gasteiger partial charge >= 0.3 is 11.9 Å². The average Bonchev–Trinajstić information content (AvgIpc) is 3.38. The number of carbonyl (C=O) groups excluding carboxylic acids is 3. The largest absolute Gasteiger partial charge is 0.545 e. The van der Waals surface area contributed by atoms with E-state index in [1.54, 1.807) is 0 Å². The van der Waals surface area contributed by atoms with Crippen molar-refractivity contribution in [1.82, 2.24) is 0 Å². The van der Waals surface area contributed by atoms with Crippen LogP contribution in [0.4, 0.5) is 0 Å². The summed E-state index contributed by atoms with van der Waals surface area (Å²) in [5.74, 6) is -2.29. The van der Waals surface area contributed by atoms with Gasteiger partial charge in [0.2, 0.25) is 0 Å². The summed E-state index contributed by atoms with van der Waals surface area (Å²) >= 11 is 0. The predicted molar refractivity (Wildman–Crippen MR) is 398 cm³/mol. The Morgan fingerprint density at radius 3 is 0.914 bits per heavy atom. The van der Waals surface area contributed by atoms with Gasteiger partial charge in [0.05, 0.1) is 40.3 Å². The third-order valence-electron chi connectivity index (χ3n) is 16.7. The number of rotatable bonds is 71. The van der Waals surface area contributed by atoms with E-state index >= 15 is 0 Å². The SMILES string of the molecule is CC/C=C\C/C=C\C/C=C\C/C=C\C/C=C\C/C=C\C/C=C\C/C=C\C/C=C\C/C=C\CCCCCCCCCCC(=O)OC(COC(=O)CCCCCCCCCCCCCCCCCCCCCCCCCCCCCCC)COC(OCC[N+](C)(C)C)C(=O)[O-]. The van der Waals surface area contributed by atoms with E-state index in [0.29, 0.717) is 17.4 Å². The third-order valence-corrected chi connectivity index (χ3v) is 16.7. The molecule has 0 aromatic carbocycles. The highest BCUT2D eigenvalue weighted by Gasteiger charge is 2.22. The maximum atomic E-state index is 13.0. The van der Waals surface area contributed by atoms with Crippen LogP contribution < -0.4 is 5.11 Å². The van der Waals surface area contributed by atoms with Crippen molar-refractivity contribution in [2.24, 2.45) is 0 Å². The number of likely N-dealkylation sites (N-methyl/N-ethyl adjacent to an activating group) is 1. The molecule has 9 heteroatoms. The summed E-state index contributed by atoms with van der Waals surface area (Å²) in [6.07, 6.45) is 102. The minimum atomic E-state index is -1.63. The normalized spacial score (nSPS) is 13.3. The fourth-order valence-corrected chi connectivity index (χ4v) is 10.9. The Labute approximate surface area is 574 Å². The summed E-state index contributed by atoms with van der Waals surface area (Å²) in [7, 11) is 5.93. The highest BCUT2D eigenvalue weighted by Crippen LogP contribution is 2.18. The molecule has 0 heterocycles. The molecule has 0 aliphatic rings. The van der Waals surface area contributed by atoms with Gasteiger partial charge in [0.1, 0.15) is 13.2 Å². The molecule has 93 heavy (non-hydrogen) atoms. The zero-order chi connectivity index (χ0) is 67.5. The van der Waals surface area contributed by atoms with E-state index < -0.39 is 24.3 Å². The van der Waals surface area contributed by atoms with Gasteiger partial charge in [-0.2, -0.15) is 0 Å². The molecular weight excluding hydrogens is 1150 g/mol. The molecule has 0 rings (SSSR count). The van der Waals surface area contributed by atoms with Crippen LogP contribution in [0.1, 0.15) is 335 Å². The first-order chi connectivity index (χ1) is 45.6. The van der Waals surface area contributed by atoms with Crippen molar-refractivity contribution in [1.29, 1.82) is 0 Å². The molecule has 0 saturated heterocycles. The van der Waals surface area contributed by atoms with E-state index in [0.717, 1.165) is 109 Å². The number of allylic oxidation sites excluding steroid dienone is 20. The Balaban J connectivity index is 4.11. The Hall–Kier alpha value is -4.31. The number of ether oxygens (including phenoxy) is 4. The lowest BCUT2D eigenvalue weighted by atomic mass is 10.0. The number of hydrogen-bond donors (Lipinski definition) is 0. The van der Waals surface area contributed by atoms with Crippen LogP contribution in [0.2, 0.25) is 0 Å². The Morgan fingerprint density at radius 1 is 0.333 bits per heavy atom. The molecule has 0 aliphatic heterocycles. The van der Waals surface area contributed by atoms with E-state index in [-0.39, 0.29) is 38.6 Å². The van der Waals surface area contributed by atoms with Crippen molar-refractivity contribution >= 4 is 17.9 Å². The van der Waals surface area contributed by atoms with Gasteiger partial charge < -0.3 is 33.3 Å². The standard InChI is InChI=1S/C84H145NO8/c1-6-8-10-12-14-16-18-20-22-24-26-28-30-32-34-36-37-38-39-40-41-42-43-44-45-47-49-51-53-55-57-59-61-63-65-67-69-71-73-75-82(87)93-80(79-92-84(83(88)89)90-77-76-85(3,4)5)78-91-81(86)74-72-70-68-66-64-62-60-58-56-54-52-50-48-46-35-33-31-29-27-25-23-21-19-17-15-13-11-9-7-2/h8,10,14,16,20,22,26,28,32,34,37-38,40-41,43-44,47,49,53,55,80,84H,6-7,9,11-13,15,17-19,21,23-25,27,29-31,33,35-36,39,42,45-46,48,50-52,54,56-79H2,1-5H3/b10-8-,16-14-,22-20-,28-26-,34-32-,38-37-,41-40-,44-43-,49-47-,55-53-. The van der Waals surface area contributed by atoms with E-state index in [2.05, 4.69) is 135 Å². The fraction of sp³-hybridized carbons (Fsp3) is 0.726. The monoisotopic (exact) mass is 1300 g/mol. The van der Waals surface area contributed by atoms with Gasteiger partial charge in [-0.05, 0) is 89.9 Å². The Kier molecular flexibility index (Phi) is 70.1. The minimum Gasteiger partial charge on any atom is -0.545 e. The number of hydrogen-bond acceptors (Lipinski definition) is 8. The smallest absolute Gasteiger partial charge is 0.306 e. The van der Waals surface area contributed by atoms with E-state index in [4.69, 9.17) is 18.9 Å². The van der Waals surface area contributed by atoms with E-state index in [9.17, 15) is 19.5 Å². The number of esters is 2. The number of nitrogens with zero attached hydrogens (tertiary/aromatic N) is 1. The maximum Gasteiger partial charge on any atom is 0.306 e. The second-order valence-electron chi connectivity index (χ2n) is 26.9. The lowest BCUT2D eigenvalue weighted by molar-refractivity contribution is -0.870. The van der Waals surface area contributed by atoms with Gasteiger partial charge in [0.25, 0.3) is 0 Å². The average molecular weight is 1300 g/mol. The third kappa shape index (κ3) is 74.9. The number of unbranched alkanes of at least 4 members (excludes halogenated alkanes) is 36. The second kappa shape index (κ2) is 73.5. The molecule has 0 aliphatic carbocycles. The number of carbonyl (C=O) groups is 3. The number of carboxylic acids is 1. The van der Waals surface area contributed by atoms with Crippen LogP contribution in [-0.2, 0) is 33.3 Å². The first kappa shape index (κ1) is 88.7. The van der Waals surface area contributed by atoms with Crippen LogP contribution in [0.25, 0.3) is 0 Å². The summed E-state index contributed by atoms with van der Waals surface area (Å²) < 4.78 is 22.8. The number of aliphatic carboxylic acids is 1. The van der Waals surface area contributed by atoms with Gasteiger partial charge in [0.15, 0.2) is 12.4 Å². The number of carboxylic acid groups (broad SMARTS) is 1. The van der Waals surface area contributed by atoms with Gasteiger partial charge in [-0.15, -0.1) is 0 Å². The topological polar surface area (TPSA) is 111 Å². The summed E-state index contributed by atoms with van der Waals surface area (Å²) in [4.78, 5) is 37.6. The van der Waals surface area contributed by atoms with Crippen LogP contribution >= 0.6 is 0 Å². The molecule has 9 nitrogen and oxygen atoms in total. The summed E-state index contributed by atoms with van der Waals surface area (Å²) in [5, 5.41) is 11.9. The molecular formula is C84H145NO8. The molecule has 2 unspecified atom stereocenters. The quantitative estimate of drug-likeness (QED) is 0.0195. The molecule has 0 aromatic rings. The van der Waals surface area contributed by atoms with Crippen LogP contribution in [0.5, 0.6) is 0 Å². The molecule has 0 spiro atoms. The first-order valence-corrected chi connectivity index (χ1v) is 38.7. The predicted octanol–water partition coefficient (Wildman–Crippen LogP) is 23.4. The van der Waals surface area contributed by atoms with Crippen molar-refractivity contribution in [3.63, 3.8) is 0 Å². The minimum absolute atomic E-state index is 0.142. The van der Waals surface area contributed by atoms with Crippen molar-refractivity contribution in [2.75, 3.05) is 47.5 Å². The van der Waals surface area contributed by atoms with Gasteiger partial charge in [0, 0.05) is 12.8 Å². The molecule has 0 radical (unpaired) electrons. The molecule has 0 bridgehead atoms. The fourth-order valence-electron chi connectivity index (χ4n) is 10.9. The van der Waals surface area contributed by atoms with Crippen LogP contribution in [-0.4, -0.2) is 82.3 Å². The lowest BCUT2D eigenvalue weighted by Crippen LogP contribution is -2.44. The van der Waals surface area contributed by atoms with Crippen LogP contribution in [0.3, 0.4) is 0 Å². The van der Waals surface area contributed by atoms with Crippen molar-refractivity contribution in [2.45, 2.75) is 347 Å². The van der Waals surface area contributed by atoms with Crippen molar-refractivity contribution in [3.05, 3.63) is 122 Å². The molecule has 2 atom stereocenters. The summed E-state index contributed by atoms with van der Waals surface area (Å²) in [5.41, 5.74) is 0. The summed E-state index contributed by atoms with van der Waals surface area (Å²) in [6.45, 7) is 4.66. The second-order valence-corrected chi connectivity index (χ2v) is 26.9. The lowest BCUT2D eigenvalue weighted by Gasteiger charge is -2.26. The zero-order valence-electron chi connectivity index (χ0n) is 61.1. The van der Waals surface area contributed by atoms with Crippen LogP contribution in [0.15, 0.2) is 122 Å².